The second kappa shape index (κ2) is 27.7. The summed E-state index contributed by atoms with van der Waals surface area (Å²) < 4.78 is 0. The average Bonchev–Trinajstić information content (AvgIpc) is 0.950. The first kappa shape index (κ1) is 59.1. The molecule has 0 radical (unpaired) electrons. The maximum atomic E-state index is 2.58. The Hall–Kier alpha value is -11.2. The molecule has 15 rings (SSSR count). The van der Waals surface area contributed by atoms with Crippen molar-refractivity contribution in [1.82, 2.24) is 0 Å². The summed E-state index contributed by atoms with van der Waals surface area (Å²) in [5, 5.41) is 0. The molecule has 456 valence electrons. The Morgan fingerprint density at radius 1 is 0.255 bits per heavy atom. The maximum absolute atomic E-state index is 2.58. The van der Waals surface area contributed by atoms with Crippen molar-refractivity contribution < 1.29 is 0 Å². The molecule has 4 nitrogen and oxygen atoms in total. The van der Waals surface area contributed by atoms with Gasteiger partial charge in [-0.1, -0.05) is 231 Å². The van der Waals surface area contributed by atoms with E-state index in [0.29, 0.717) is 0 Å². The number of benzene rings is 10. The largest absolute Gasteiger partial charge is 0.338 e. The Bertz CT molecular complexity index is 4600. The molecule has 5 aliphatic carbocycles. The van der Waals surface area contributed by atoms with Gasteiger partial charge >= 0.3 is 0 Å². The minimum Gasteiger partial charge on any atom is -0.338 e. The highest BCUT2D eigenvalue weighted by molar-refractivity contribution is 5.82. The molecule has 0 fully saturated rings. The smallest absolute Gasteiger partial charge is 0.0556 e. The van der Waals surface area contributed by atoms with E-state index in [1.54, 1.807) is 0 Å². The molecule has 1 atom stereocenters. The predicted octanol–water partition coefficient (Wildman–Crippen LogP) is 24.6. The van der Waals surface area contributed by atoms with Crippen molar-refractivity contribution in [1.29, 1.82) is 0 Å². The van der Waals surface area contributed by atoms with Gasteiger partial charge in [0.25, 0.3) is 0 Å². The average molecular weight is 1210 g/mol. The second-order valence-corrected chi connectivity index (χ2v) is 24.9. The van der Waals surface area contributed by atoms with E-state index in [1.807, 2.05) is 0 Å². The van der Waals surface area contributed by atoms with E-state index in [-0.39, 0.29) is 6.04 Å². The van der Waals surface area contributed by atoms with Crippen LogP contribution in [0.5, 0.6) is 0 Å². The molecular weight excluding hydrogens is 1140 g/mol. The number of allylic oxidation sites excluding steroid dienone is 17. The van der Waals surface area contributed by atoms with E-state index < -0.39 is 0 Å². The lowest BCUT2D eigenvalue weighted by Crippen LogP contribution is -2.34. The standard InChI is InChI=1S/C90H76N4/c1-7-19-67(20-8-1)71-35-51-83(52-36-71)91(79-23-11-3-12-24-79)87-59-43-75(44-60-87)77-47-63-89(64-48-77)93(81-27-15-5-16-28-81)85-55-39-73(40-56-85)69-31-33-70(34-32-69)74-41-57-86(58-42-74)94(82-29-17-6-18-30-82)90-65-49-78(50-66-90)76-45-61-88(62-46-76)92(80-25-13-4-14-26-80)84-53-37-72(38-54-84)68-21-9-2-10-22-68/h1-5,7-17,19-27,29-31,33,35-39,41,43-55,57,59-66,81H,6,18,28,32,34,40,42,56,58H2. The van der Waals surface area contributed by atoms with Gasteiger partial charge < -0.3 is 19.6 Å². The van der Waals surface area contributed by atoms with Gasteiger partial charge in [-0.15, -0.1) is 0 Å². The molecule has 0 saturated heterocycles. The van der Waals surface area contributed by atoms with Gasteiger partial charge in [0, 0.05) is 62.6 Å². The van der Waals surface area contributed by atoms with Crippen molar-refractivity contribution in [3.8, 4) is 44.5 Å². The fourth-order valence-electron chi connectivity index (χ4n) is 14.1. The maximum Gasteiger partial charge on any atom is 0.0556 e. The fraction of sp³-hybridized carbons (Fsp3) is 0.111. The number of para-hydroxylation sites is 2. The molecular formula is C90H76N4. The highest BCUT2D eigenvalue weighted by Gasteiger charge is 2.26. The monoisotopic (exact) mass is 1210 g/mol. The molecule has 1 unspecified atom stereocenters. The van der Waals surface area contributed by atoms with Crippen LogP contribution in [-0.2, 0) is 0 Å². The molecule has 0 heterocycles. The second-order valence-electron chi connectivity index (χ2n) is 24.9. The van der Waals surface area contributed by atoms with Crippen LogP contribution in [0.2, 0.25) is 0 Å². The highest BCUT2D eigenvalue weighted by atomic mass is 15.2. The van der Waals surface area contributed by atoms with Gasteiger partial charge in [-0.3, -0.25) is 0 Å². The summed E-state index contributed by atoms with van der Waals surface area (Å²) in [7, 11) is 0. The summed E-state index contributed by atoms with van der Waals surface area (Å²) in [5.74, 6) is 0. The lowest BCUT2D eigenvalue weighted by molar-refractivity contribution is 0.712. The molecule has 0 aromatic heterocycles. The van der Waals surface area contributed by atoms with Crippen molar-refractivity contribution in [2.24, 2.45) is 0 Å². The number of hydrogen-bond donors (Lipinski definition) is 0. The molecule has 94 heavy (non-hydrogen) atoms. The molecule has 0 spiro atoms. The molecule has 5 aliphatic rings. The highest BCUT2D eigenvalue weighted by Crippen LogP contribution is 2.43. The predicted molar refractivity (Wildman–Crippen MR) is 398 cm³/mol. The van der Waals surface area contributed by atoms with Gasteiger partial charge in [0.05, 0.1) is 6.04 Å². The van der Waals surface area contributed by atoms with Gasteiger partial charge in [0.15, 0.2) is 0 Å². The molecule has 10 aromatic carbocycles. The summed E-state index contributed by atoms with van der Waals surface area (Å²) in [6.45, 7) is 0. The van der Waals surface area contributed by atoms with Gasteiger partial charge in [-0.2, -0.15) is 0 Å². The minimum absolute atomic E-state index is 0.257. The fourth-order valence-corrected chi connectivity index (χ4v) is 14.1. The van der Waals surface area contributed by atoms with Crippen LogP contribution in [0.4, 0.5) is 45.5 Å². The first-order valence-electron chi connectivity index (χ1n) is 33.5. The third-order valence-electron chi connectivity index (χ3n) is 19.0. The van der Waals surface area contributed by atoms with Crippen LogP contribution in [0.3, 0.4) is 0 Å². The summed E-state index contributed by atoms with van der Waals surface area (Å²) in [6.07, 6.45) is 39.8. The molecule has 4 heteroatoms. The van der Waals surface area contributed by atoms with Crippen molar-refractivity contribution in [3.05, 3.63) is 385 Å². The van der Waals surface area contributed by atoms with Crippen LogP contribution in [0.15, 0.2) is 385 Å². The number of nitrogens with zero attached hydrogens (tertiary/aromatic N) is 4. The summed E-state index contributed by atoms with van der Waals surface area (Å²) in [6, 6.07) is 97.0. The van der Waals surface area contributed by atoms with Crippen LogP contribution in [0.1, 0.15) is 57.8 Å². The molecule has 10 aromatic rings. The first-order valence-corrected chi connectivity index (χ1v) is 33.5. The Balaban J connectivity index is 0.621. The number of anilines is 8. The Labute approximate surface area is 555 Å². The Morgan fingerprint density at radius 3 is 0.926 bits per heavy atom. The zero-order valence-electron chi connectivity index (χ0n) is 53.1. The van der Waals surface area contributed by atoms with Gasteiger partial charge in [0.1, 0.15) is 0 Å². The van der Waals surface area contributed by atoms with E-state index in [1.165, 1.54) is 95.3 Å². The molecule has 0 bridgehead atoms. The zero-order chi connectivity index (χ0) is 62.8. The van der Waals surface area contributed by atoms with Gasteiger partial charge in [-0.25, -0.2) is 0 Å². The Morgan fingerprint density at radius 2 is 0.585 bits per heavy atom. The first-order chi connectivity index (χ1) is 46.6. The summed E-state index contributed by atoms with van der Waals surface area (Å²) in [4.78, 5) is 9.74. The minimum atomic E-state index is 0.257. The van der Waals surface area contributed by atoms with E-state index in [2.05, 4.69) is 366 Å². The van der Waals surface area contributed by atoms with E-state index >= 15 is 0 Å². The topological polar surface area (TPSA) is 13.0 Å². The van der Waals surface area contributed by atoms with Crippen molar-refractivity contribution in [2.75, 3.05) is 19.6 Å². The van der Waals surface area contributed by atoms with Crippen LogP contribution >= 0.6 is 0 Å². The van der Waals surface area contributed by atoms with Crippen LogP contribution in [-0.4, -0.2) is 6.04 Å². The lowest BCUT2D eigenvalue weighted by atomic mass is 9.84. The number of rotatable bonds is 18. The zero-order valence-corrected chi connectivity index (χ0v) is 53.1. The van der Waals surface area contributed by atoms with Crippen LogP contribution < -0.4 is 19.6 Å². The van der Waals surface area contributed by atoms with Crippen molar-refractivity contribution >= 4 is 45.5 Å². The molecule has 0 amide bonds. The van der Waals surface area contributed by atoms with Crippen molar-refractivity contribution in [3.63, 3.8) is 0 Å². The SMILES string of the molecule is C1=CCC(N(C2=CC=C(C3=CC=C(C4=CC=C(N(C5=CCCC=C5)c5ccc(-c6ccc(N(c7ccccc7)c7ccc(-c8ccccc8)cc7)cc6)cc5)CC4)CC3)CC2)c2ccc(-c3ccc(N(c4ccccc4)c4ccc(-c5ccccc5)cc4)cc3)cc2)C=C1. The third-order valence-corrected chi connectivity index (χ3v) is 19.0. The molecule has 0 N–H and O–H groups in total. The van der Waals surface area contributed by atoms with Crippen molar-refractivity contribution in [2.45, 2.75) is 63.8 Å². The van der Waals surface area contributed by atoms with Gasteiger partial charge in [-0.05, 0) is 240 Å². The van der Waals surface area contributed by atoms with Crippen LogP contribution in [0.25, 0.3) is 44.5 Å². The quantitative estimate of drug-likeness (QED) is 0.0849. The van der Waals surface area contributed by atoms with Gasteiger partial charge in [0.2, 0.25) is 0 Å². The molecule has 0 aliphatic heterocycles. The van der Waals surface area contributed by atoms with Crippen LogP contribution in [0, 0.1) is 0 Å². The van der Waals surface area contributed by atoms with E-state index in [0.717, 1.165) is 91.9 Å². The Kier molecular flexibility index (Phi) is 17.4. The lowest BCUT2D eigenvalue weighted by Gasteiger charge is -2.36. The number of hydrogen-bond acceptors (Lipinski definition) is 4. The normalized spacial score (nSPS) is 15.9. The van der Waals surface area contributed by atoms with E-state index in [4.69, 9.17) is 0 Å². The summed E-state index contributed by atoms with van der Waals surface area (Å²) >= 11 is 0. The summed E-state index contributed by atoms with van der Waals surface area (Å²) in [5.41, 5.74) is 28.6. The third kappa shape index (κ3) is 13.0. The van der Waals surface area contributed by atoms with E-state index in [9.17, 15) is 0 Å². The molecule has 0 saturated carbocycles.